The van der Waals surface area contributed by atoms with Crippen LogP contribution < -0.4 is 5.32 Å². The second-order valence-corrected chi connectivity index (χ2v) is 7.08. The number of benzene rings is 1. The predicted octanol–water partition coefficient (Wildman–Crippen LogP) is 3.67. The van der Waals surface area contributed by atoms with E-state index >= 15 is 0 Å². The monoisotopic (exact) mass is 398 g/mol. The Balaban J connectivity index is 1.37. The minimum absolute atomic E-state index is 0.149. The molecule has 2 amide bonds. The fourth-order valence-electron chi connectivity index (χ4n) is 3.28. The van der Waals surface area contributed by atoms with E-state index in [0.717, 1.165) is 12.8 Å². The van der Waals surface area contributed by atoms with Crippen LogP contribution in [-0.2, 0) is 6.42 Å². The van der Waals surface area contributed by atoms with Gasteiger partial charge < -0.3 is 14.7 Å². The van der Waals surface area contributed by atoms with Crippen molar-refractivity contribution in [1.82, 2.24) is 25.0 Å². The zero-order valence-corrected chi connectivity index (χ0v) is 15.8. The van der Waals surface area contributed by atoms with Crippen molar-refractivity contribution in [3.05, 3.63) is 53.8 Å². The maximum absolute atomic E-state index is 12.6. The number of urea groups is 1. The molecule has 0 radical (unpaired) electrons. The van der Waals surface area contributed by atoms with Crippen LogP contribution in [0.3, 0.4) is 0 Å². The number of rotatable bonds is 4. The van der Waals surface area contributed by atoms with Gasteiger partial charge in [0.1, 0.15) is 5.69 Å². The first-order valence-electron chi connectivity index (χ1n) is 9.08. The molecule has 1 atom stereocenters. The molecule has 3 aromatic rings. The molecule has 0 saturated carbocycles. The van der Waals surface area contributed by atoms with E-state index < -0.39 is 0 Å². The molecular formula is C19H19ClN6O2. The highest BCUT2D eigenvalue weighted by Gasteiger charge is 2.26. The first kappa shape index (κ1) is 18.4. The number of carbonyl (C=O) groups is 1. The third kappa shape index (κ3) is 4.28. The molecule has 1 N–H and O–H groups in total. The fourth-order valence-corrected chi connectivity index (χ4v) is 3.46. The van der Waals surface area contributed by atoms with Gasteiger partial charge in [-0.3, -0.25) is 4.98 Å². The van der Waals surface area contributed by atoms with Gasteiger partial charge in [0, 0.05) is 31.9 Å². The minimum atomic E-state index is -0.149. The van der Waals surface area contributed by atoms with Crippen molar-refractivity contribution in [2.45, 2.75) is 19.3 Å². The van der Waals surface area contributed by atoms with E-state index in [0.29, 0.717) is 47.6 Å². The van der Waals surface area contributed by atoms with Crippen molar-refractivity contribution in [2.24, 2.45) is 5.92 Å². The number of carbonyl (C=O) groups excluding carboxylic acids is 1. The van der Waals surface area contributed by atoms with Gasteiger partial charge in [0.25, 0.3) is 0 Å². The van der Waals surface area contributed by atoms with Crippen molar-refractivity contribution >= 4 is 23.3 Å². The molecule has 0 bridgehead atoms. The largest absolute Gasteiger partial charge is 0.339 e. The summed E-state index contributed by atoms with van der Waals surface area (Å²) in [6.07, 6.45) is 7.31. The highest BCUT2D eigenvalue weighted by Crippen LogP contribution is 2.24. The van der Waals surface area contributed by atoms with Crippen molar-refractivity contribution in [3.8, 4) is 11.5 Å². The van der Waals surface area contributed by atoms with Crippen LogP contribution in [0.2, 0.25) is 5.02 Å². The normalized spacial score (nSPS) is 16.8. The number of likely N-dealkylation sites (tertiary alicyclic amines) is 1. The predicted molar refractivity (Wildman–Crippen MR) is 104 cm³/mol. The summed E-state index contributed by atoms with van der Waals surface area (Å²) in [5.74, 6) is 1.21. The summed E-state index contributed by atoms with van der Waals surface area (Å²) in [6.45, 7) is 1.33. The Labute approximate surface area is 166 Å². The third-order valence-corrected chi connectivity index (χ3v) is 4.97. The third-order valence-electron chi connectivity index (χ3n) is 4.65. The fraction of sp³-hybridized carbons (Fsp3) is 0.316. The van der Waals surface area contributed by atoms with Crippen molar-refractivity contribution in [2.75, 3.05) is 18.4 Å². The smallest absolute Gasteiger partial charge is 0.321 e. The number of piperidine rings is 1. The summed E-state index contributed by atoms with van der Waals surface area (Å²) in [6, 6.07) is 7.05. The van der Waals surface area contributed by atoms with Crippen LogP contribution in [0.25, 0.3) is 11.5 Å². The number of nitrogens with zero attached hydrogens (tertiary/aromatic N) is 5. The lowest BCUT2D eigenvalue weighted by Gasteiger charge is -2.32. The lowest BCUT2D eigenvalue weighted by atomic mass is 9.95. The SMILES string of the molecule is O=C(Nc1ccccc1Cl)N1CCC[C@H](Cc2nc(-c3cnccn3)no2)C1. The second kappa shape index (κ2) is 8.35. The van der Waals surface area contributed by atoms with E-state index in [2.05, 4.69) is 25.4 Å². The molecule has 9 heteroatoms. The van der Waals surface area contributed by atoms with E-state index in [1.807, 2.05) is 12.1 Å². The van der Waals surface area contributed by atoms with Gasteiger partial charge in [0.2, 0.25) is 11.7 Å². The molecular weight excluding hydrogens is 380 g/mol. The number of amides is 2. The molecule has 1 aliphatic heterocycles. The average molecular weight is 399 g/mol. The molecule has 1 saturated heterocycles. The molecule has 4 rings (SSSR count). The molecule has 1 aromatic carbocycles. The van der Waals surface area contributed by atoms with Crippen LogP contribution in [-0.4, -0.2) is 44.1 Å². The van der Waals surface area contributed by atoms with Gasteiger partial charge >= 0.3 is 6.03 Å². The Morgan fingerprint density at radius 1 is 1.32 bits per heavy atom. The van der Waals surface area contributed by atoms with Gasteiger partial charge in [-0.25, -0.2) is 9.78 Å². The molecule has 0 aliphatic carbocycles. The molecule has 2 aromatic heterocycles. The standard InChI is InChI=1S/C19H19ClN6O2/c20-14-5-1-2-6-15(14)23-19(27)26-9-3-4-13(12-26)10-17-24-18(25-28-17)16-11-21-7-8-22-16/h1-2,5-8,11,13H,3-4,9-10,12H2,(H,23,27)/t13-/m1/s1. The molecule has 8 nitrogen and oxygen atoms in total. The highest BCUT2D eigenvalue weighted by atomic mass is 35.5. The first-order chi connectivity index (χ1) is 13.7. The van der Waals surface area contributed by atoms with Crippen LogP contribution in [0, 0.1) is 5.92 Å². The zero-order valence-electron chi connectivity index (χ0n) is 15.1. The van der Waals surface area contributed by atoms with Gasteiger partial charge in [-0.05, 0) is 30.9 Å². The van der Waals surface area contributed by atoms with Crippen LogP contribution in [0.4, 0.5) is 10.5 Å². The number of halogens is 1. The van der Waals surface area contributed by atoms with Gasteiger partial charge in [0.05, 0.1) is 16.9 Å². The number of aromatic nitrogens is 4. The summed E-state index contributed by atoms with van der Waals surface area (Å²) in [4.78, 5) is 27.0. The molecule has 144 valence electrons. The first-order valence-corrected chi connectivity index (χ1v) is 9.46. The van der Waals surface area contributed by atoms with E-state index in [4.69, 9.17) is 16.1 Å². The summed E-state index contributed by atoms with van der Waals surface area (Å²) in [5.41, 5.74) is 1.18. The number of para-hydroxylation sites is 1. The van der Waals surface area contributed by atoms with E-state index in [-0.39, 0.29) is 11.9 Å². The summed E-state index contributed by atoms with van der Waals surface area (Å²) >= 11 is 6.13. The summed E-state index contributed by atoms with van der Waals surface area (Å²) < 4.78 is 5.36. The number of hydrogen-bond acceptors (Lipinski definition) is 6. The lowest BCUT2D eigenvalue weighted by molar-refractivity contribution is 0.173. The van der Waals surface area contributed by atoms with E-state index in [1.165, 1.54) is 0 Å². The van der Waals surface area contributed by atoms with Crippen molar-refractivity contribution in [1.29, 1.82) is 0 Å². The number of hydrogen-bond donors (Lipinski definition) is 1. The maximum Gasteiger partial charge on any atom is 0.321 e. The summed E-state index contributed by atoms with van der Waals surface area (Å²) in [7, 11) is 0. The minimum Gasteiger partial charge on any atom is -0.339 e. The Morgan fingerprint density at radius 3 is 3.04 bits per heavy atom. The van der Waals surface area contributed by atoms with Crippen LogP contribution in [0.15, 0.2) is 47.4 Å². The van der Waals surface area contributed by atoms with Gasteiger partial charge in [-0.1, -0.05) is 28.9 Å². The quantitative estimate of drug-likeness (QED) is 0.720. The molecule has 1 aliphatic rings. The highest BCUT2D eigenvalue weighted by molar-refractivity contribution is 6.33. The van der Waals surface area contributed by atoms with Crippen LogP contribution in [0.5, 0.6) is 0 Å². The Bertz CT molecular complexity index is 948. The van der Waals surface area contributed by atoms with Crippen LogP contribution in [0.1, 0.15) is 18.7 Å². The Hall–Kier alpha value is -3.00. The van der Waals surface area contributed by atoms with Gasteiger partial charge in [-0.15, -0.1) is 0 Å². The second-order valence-electron chi connectivity index (χ2n) is 6.67. The molecule has 0 unspecified atom stereocenters. The van der Waals surface area contributed by atoms with Gasteiger partial charge in [0.15, 0.2) is 0 Å². The zero-order chi connectivity index (χ0) is 19.3. The topological polar surface area (TPSA) is 97.0 Å². The van der Waals surface area contributed by atoms with Crippen molar-refractivity contribution < 1.29 is 9.32 Å². The Morgan fingerprint density at radius 2 is 2.21 bits per heavy atom. The van der Waals surface area contributed by atoms with Crippen molar-refractivity contribution in [3.63, 3.8) is 0 Å². The molecule has 3 heterocycles. The molecule has 1 fully saturated rings. The molecule has 28 heavy (non-hydrogen) atoms. The maximum atomic E-state index is 12.6. The average Bonchev–Trinajstić information content (AvgIpc) is 3.19. The lowest BCUT2D eigenvalue weighted by Crippen LogP contribution is -2.42. The number of anilines is 1. The van der Waals surface area contributed by atoms with Gasteiger partial charge in [-0.2, -0.15) is 4.98 Å². The van der Waals surface area contributed by atoms with E-state index in [9.17, 15) is 4.79 Å². The van der Waals surface area contributed by atoms with Crippen LogP contribution >= 0.6 is 11.6 Å². The summed E-state index contributed by atoms with van der Waals surface area (Å²) in [5, 5.41) is 7.37. The van der Waals surface area contributed by atoms with E-state index in [1.54, 1.807) is 35.6 Å². The number of nitrogens with one attached hydrogen (secondary N) is 1. The Kier molecular flexibility index (Phi) is 5.48. The molecule has 0 spiro atoms.